The Bertz CT molecular complexity index is 1100. The summed E-state index contributed by atoms with van der Waals surface area (Å²) >= 11 is 0. The van der Waals surface area contributed by atoms with Crippen LogP contribution in [0.15, 0.2) is 44.3 Å². The molecule has 0 atom stereocenters. The van der Waals surface area contributed by atoms with Gasteiger partial charge in [-0.15, -0.1) is 5.10 Å². The second-order valence-corrected chi connectivity index (χ2v) is 6.06. The molecule has 0 spiro atoms. The summed E-state index contributed by atoms with van der Waals surface area (Å²) in [6.07, 6.45) is 0. The van der Waals surface area contributed by atoms with E-state index in [1.807, 2.05) is 0 Å². The minimum atomic E-state index is -0.811. The number of hydrogen-bond acceptors (Lipinski definition) is 5. The highest BCUT2D eigenvalue weighted by Gasteiger charge is 2.14. The van der Waals surface area contributed by atoms with Gasteiger partial charge < -0.3 is 14.7 Å². The molecule has 0 radical (unpaired) electrons. The molecule has 1 amide bonds. The maximum atomic E-state index is 13.0. The SMILES string of the molecule is Cc1cc(C)c(CNC(=O)Cn2nc(-c3ccc(F)cc3)oc2=O)c(=O)[nH]1. The summed E-state index contributed by atoms with van der Waals surface area (Å²) in [7, 11) is 0. The van der Waals surface area contributed by atoms with E-state index in [0.717, 1.165) is 15.9 Å². The van der Waals surface area contributed by atoms with Crippen LogP contribution in [0.1, 0.15) is 16.8 Å². The number of aromatic amines is 1. The van der Waals surface area contributed by atoms with Gasteiger partial charge in [-0.3, -0.25) is 9.59 Å². The molecule has 27 heavy (non-hydrogen) atoms. The van der Waals surface area contributed by atoms with Gasteiger partial charge >= 0.3 is 5.76 Å². The Morgan fingerprint density at radius 1 is 1.26 bits per heavy atom. The number of benzene rings is 1. The molecule has 1 aromatic carbocycles. The Morgan fingerprint density at radius 3 is 2.63 bits per heavy atom. The van der Waals surface area contributed by atoms with Gasteiger partial charge in [0.2, 0.25) is 11.8 Å². The number of carbonyl (C=O) groups excluding carboxylic acids is 1. The monoisotopic (exact) mass is 372 g/mol. The molecular formula is C18H17FN4O4. The van der Waals surface area contributed by atoms with E-state index in [9.17, 15) is 18.8 Å². The Balaban J connectivity index is 1.69. The van der Waals surface area contributed by atoms with Gasteiger partial charge in [0.05, 0.1) is 0 Å². The molecule has 0 unspecified atom stereocenters. The molecule has 2 heterocycles. The molecule has 3 rings (SSSR count). The van der Waals surface area contributed by atoms with Crippen molar-refractivity contribution in [2.24, 2.45) is 0 Å². The lowest BCUT2D eigenvalue weighted by atomic mass is 10.1. The number of carbonyl (C=O) groups is 1. The maximum absolute atomic E-state index is 13.0. The Labute approximate surface area is 152 Å². The van der Waals surface area contributed by atoms with Crippen LogP contribution in [0.2, 0.25) is 0 Å². The number of aromatic nitrogens is 3. The zero-order valence-corrected chi connectivity index (χ0v) is 14.7. The van der Waals surface area contributed by atoms with Crippen LogP contribution in [0.5, 0.6) is 0 Å². The molecule has 0 saturated heterocycles. The number of hydrogen-bond donors (Lipinski definition) is 2. The van der Waals surface area contributed by atoms with Gasteiger partial charge in [0, 0.05) is 23.4 Å². The van der Waals surface area contributed by atoms with Crippen molar-refractivity contribution in [3.63, 3.8) is 0 Å². The second-order valence-electron chi connectivity index (χ2n) is 6.06. The van der Waals surface area contributed by atoms with E-state index in [-0.39, 0.29) is 24.5 Å². The first-order valence-corrected chi connectivity index (χ1v) is 8.13. The first-order valence-electron chi connectivity index (χ1n) is 8.13. The summed E-state index contributed by atoms with van der Waals surface area (Å²) in [5, 5.41) is 6.52. The van der Waals surface area contributed by atoms with E-state index in [0.29, 0.717) is 11.1 Å². The second kappa shape index (κ2) is 7.40. The minimum absolute atomic E-state index is 0.0152. The molecule has 3 aromatic rings. The van der Waals surface area contributed by atoms with Crippen molar-refractivity contribution in [3.05, 3.63) is 73.9 Å². The number of amides is 1. The predicted octanol–water partition coefficient (Wildman–Crippen LogP) is 1.26. The van der Waals surface area contributed by atoms with Crippen molar-refractivity contribution < 1.29 is 13.6 Å². The van der Waals surface area contributed by atoms with Crippen LogP contribution in [0.25, 0.3) is 11.5 Å². The van der Waals surface area contributed by atoms with Gasteiger partial charge in [-0.25, -0.2) is 9.18 Å². The third kappa shape index (κ3) is 4.20. The number of nitrogens with zero attached hydrogens (tertiary/aromatic N) is 2. The number of nitrogens with one attached hydrogen (secondary N) is 2. The standard InChI is InChI=1S/C18H17FN4O4/c1-10-7-11(2)21-16(25)14(10)8-20-15(24)9-23-18(26)27-17(22-23)12-3-5-13(19)6-4-12/h3-7H,8-9H2,1-2H3,(H,20,24)(H,21,25). The maximum Gasteiger partial charge on any atom is 0.437 e. The molecule has 8 nitrogen and oxygen atoms in total. The molecule has 0 saturated carbocycles. The molecule has 0 aliphatic carbocycles. The van der Waals surface area contributed by atoms with Crippen LogP contribution in [-0.4, -0.2) is 20.7 Å². The minimum Gasteiger partial charge on any atom is -0.388 e. The number of rotatable bonds is 5. The molecule has 2 aromatic heterocycles. The van der Waals surface area contributed by atoms with Crippen LogP contribution in [-0.2, 0) is 17.9 Å². The fourth-order valence-corrected chi connectivity index (χ4v) is 2.60. The average molecular weight is 372 g/mol. The number of halogens is 1. The van der Waals surface area contributed by atoms with E-state index in [1.54, 1.807) is 19.9 Å². The molecular weight excluding hydrogens is 355 g/mol. The van der Waals surface area contributed by atoms with E-state index in [2.05, 4.69) is 15.4 Å². The first-order chi connectivity index (χ1) is 12.8. The largest absolute Gasteiger partial charge is 0.437 e. The van der Waals surface area contributed by atoms with Crippen LogP contribution in [0, 0.1) is 19.7 Å². The summed E-state index contributed by atoms with van der Waals surface area (Å²) in [6, 6.07) is 7.06. The molecule has 0 aliphatic heterocycles. The fourth-order valence-electron chi connectivity index (χ4n) is 2.60. The van der Waals surface area contributed by atoms with Crippen molar-refractivity contribution >= 4 is 5.91 Å². The quantitative estimate of drug-likeness (QED) is 0.701. The molecule has 0 aliphatic rings. The molecule has 0 bridgehead atoms. The number of pyridine rings is 1. The lowest BCUT2D eigenvalue weighted by Crippen LogP contribution is -2.33. The van der Waals surface area contributed by atoms with Gasteiger partial charge in [-0.2, -0.15) is 4.68 Å². The average Bonchev–Trinajstić information content (AvgIpc) is 2.95. The summed E-state index contributed by atoms with van der Waals surface area (Å²) in [5.74, 6) is -1.76. The fraction of sp³-hybridized carbons (Fsp3) is 0.222. The number of H-pyrrole nitrogens is 1. The lowest BCUT2D eigenvalue weighted by Gasteiger charge is -2.07. The van der Waals surface area contributed by atoms with Crippen LogP contribution >= 0.6 is 0 Å². The van der Waals surface area contributed by atoms with Crippen LogP contribution in [0.4, 0.5) is 4.39 Å². The van der Waals surface area contributed by atoms with Crippen molar-refractivity contribution in [1.29, 1.82) is 0 Å². The van der Waals surface area contributed by atoms with Crippen molar-refractivity contribution in [2.45, 2.75) is 26.9 Å². The third-order valence-electron chi connectivity index (χ3n) is 3.95. The van der Waals surface area contributed by atoms with Gasteiger partial charge in [0.15, 0.2) is 0 Å². The highest BCUT2D eigenvalue weighted by molar-refractivity contribution is 5.75. The van der Waals surface area contributed by atoms with Crippen molar-refractivity contribution in [1.82, 2.24) is 20.1 Å². The number of aryl methyl sites for hydroxylation is 2. The highest BCUT2D eigenvalue weighted by Crippen LogP contribution is 2.15. The van der Waals surface area contributed by atoms with E-state index in [1.165, 1.54) is 24.3 Å². The smallest absolute Gasteiger partial charge is 0.388 e. The van der Waals surface area contributed by atoms with Gasteiger partial charge in [-0.1, -0.05) is 0 Å². The molecule has 140 valence electrons. The van der Waals surface area contributed by atoms with E-state index in [4.69, 9.17) is 4.42 Å². The Hall–Kier alpha value is -3.49. The lowest BCUT2D eigenvalue weighted by molar-refractivity contribution is -0.122. The zero-order valence-electron chi connectivity index (χ0n) is 14.7. The van der Waals surface area contributed by atoms with Gasteiger partial charge in [-0.05, 0) is 49.7 Å². The van der Waals surface area contributed by atoms with Crippen molar-refractivity contribution in [3.8, 4) is 11.5 Å². The Morgan fingerprint density at radius 2 is 1.96 bits per heavy atom. The normalized spacial score (nSPS) is 10.8. The predicted molar refractivity (Wildman–Crippen MR) is 94.5 cm³/mol. The Kier molecular flexibility index (Phi) is 5.02. The first kappa shape index (κ1) is 18.3. The summed E-state index contributed by atoms with van der Waals surface area (Å²) < 4.78 is 18.8. The highest BCUT2D eigenvalue weighted by atomic mass is 19.1. The van der Waals surface area contributed by atoms with Crippen molar-refractivity contribution in [2.75, 3.05) is 0 Å². The van der Waals surface area contributed by atoms with E-state index >= 15 is 0 Å². The van der Waals surface area contributed by atoms with Gasteiger partial charge in [0.1, 0.15) is 12.4 Å². The van der Waals surface area contributed by atoms with Gasteiger partial charge in [0.25, 0.3) is 5.56 Å². The zero-order chi connectivity index (χ0) is 19.6. The molecule has 0 fully saturated rings. The van der Waals surface area contributed by atoms with E-state index < -0.39 is 17.5 Å². The topological polar surface area (TPSA) is 110 Å². The summed E-state index contributed by atoms with van der Waals surface area (Å²) in [4.78, 5) is 38.6. The summed E-state index contributed by atoms with van der Waals surface area (Å²) in [5.41, 5.74) is 2.07. The molecule has 9 heteroatoms. The molecule has 2 N–H and O–H groups in total. The third-order valence-corrected chi connectivity index (χ3v) is 3.95. The van der Waals surface area contributed by atoms with Crippen LogP contribution < -0.4 is 16.6 Å². The van der Waals surface area contributed by atoms with Crippen LogP contribution in [0.3, 0.4) is 0 Å². The summed E-state index contributed by atoms with van der Waals surface area (Å²) in [6.45, 7) is 3.21.